The van der Waals surface area contributed by atoms with E-state index in [1.165, 1.54) is 5.56 Å². The van der Waals surface area contributed by atoms with Crippen molar-refractivity contribution in [2.45, 2.75) is 38.5 Å². The second kappa shape index (κ2) is 7.79. The highest BCUT2D eigenvalue weighted by atomic mass is 32.2. The molecule has 0 saturated heterocycles. The lowest BCUT2D eigenvalue weighted by Crippen LogP contribution is -2.36. The third-order valence-corrected chi connectivity index (χ3v) is 6.45. The molecule has 7 nitrogen and oxygen atoms in total. The number of pyridine rings is 1. The van der Waals surface area contributed by atoms with E-state index in [9.17, 15) is 13.2 Å². The number of hydrogen-bond acceptors (Lipinski definition) is 5. The molecule has 2 heterocycles. The molecular formula is C20H23N3O4S. The minimum Gasteiger partial charge on any atom is -0.478 e. The highest BCUT2D eigenvalue weighted by molar-refractivity contribution is 7.90. The first-order valence-corrected chi connectivity index (χ1v) is 11.2. The summed E-state index contributed by atoms with van der Waals surface area (Å²) in [5.41, 5.74) is 4.61. The van der Waals surface area contributed by atoms with Crippen LogP contribution in [0.1, 0.15) is 36.8 Å². The van der Waals surface area contributed by atoms with Crippen molar-refractivity contribution in [3.63, 3.8) is 0 Å². The van der Waals surface area contributed by atoms with E-state index in [0.29, 0.717) is 31.0 Å². The number of anilines is 1. The van der Waals surface area contributed by atoms with Crippen LogP contribution in [-0.4, -0.2) is 31.8 Å². The van der Waals surface area contributed by atoms with Gasteiger partial charge < -0.3 is 10.1 Å². The summed E-state index contributed by atoms with van der Waals surface area (Å²) in [6, 6.07) is 7.04. The van der Waals surface area contributed by atoms with Gasteiger partial charge in [0.15, 0.2) is 0 Å². The zero-order valence-corrected chi connectivity index (χ0v) is 16.3. The van der Waals surface area contributed by atoms with Crippen molar-refractivity contribution in [3.8, 4) is 17.0 Å². The summed E-state index contributed by atoms with van der Waals surface area (Å²) in [4.78, 5) is 16.7. The summed E-state index contributed by atoms with van der Waals surface area (Å²) in [6.45, 7) is 0.470. The minimum absolute atomic E-state index is 0.0911. The van der Waals surface area contributed by atoms with E-state index in [-0.39, 0.29) is 5.75 Å². The van der Waals surface area contributed by atoms with Gasteiger partial charge in [-0.05, 0) is 61.3 Å². The number of nitrogens with one attached hydrogen (secondary N) is 2. The molecule has 1 aromatic carbocycles. The van der Waals surface area contributed by atoms with Crippen LogP contribution in [0.3, 0.4) is 0 Å². The Morgan fingerprint density at radius 3 is 2.82 bits per heavy atom. The molecule has 0 fully saturated rings. The van der Waals surface area contributed by atoms with Crippen LogP contribution in [0.5, 0.6) is 5.88 Å². The molecule has 148 valence electrons. The van der Waals surface area contributed by atoms with E-state index in [4.69, 9.17) is 4.74 Å². The molecular weight excluding hydrogens is 378 g/mol. The van der Waals surface area contributed by atoms with E-state index in [1.54, 1.807) is 6.20 Å². The van der Waals surface area contributed by atoms with Gasteiger partial charge in [0.1, 0.15) is 0 Å². The fraction of sp³-hybridized carbons (Fsp3) is 0.400. The number of nitrogens with zero attached hydrogens (tertiary/aromatic N) is 1. The molecule has 2 amide bonds. The second-order valence-corrected chi connectivity index (χ2v) is 8.99. The van der Waals surface area contributed by atoms with Crippen molar-refractivity contribution in [1.29, 1.82) is 0 Å². The number of amides is 2. The number of aryl methyl sites for hydroxylation is 1. The molecule has 8 heteroatoms. The van der Waals surface area contributed by atoms with E-state index in [1.807, 2.05) is 18.2 Å². The van der Waals surface area contributed by atoms with Crippen molar-refractivity contribution in [2.75, 3.05) is 17.7 Å². The summed E-state index contributed by atoms with van der Waals surface area (Å²) in [7, 11) is -3.68. The van der Waals surface area contributed by atoms with Gasteiger partial charge in [0.05, 0.1) is 18.0 Å². The van der Waals surface area contributed by atoms with Gasteiger partial charge in [-0.3, -0.25) is 0 Å². The molecule has 2 N–H and O–H groups in total. The number of sulfonamides is 1. The van der Waals surface area contributed by atoms with Crippen LogP contribution in [0, 0.1) is 0 Å². The van der Waals surface area contributed by atoms with E-state index < -0.39 is 16.1 Å². The van der Waals surface area contributed by atoms with Crippen LogP contribution in [0.25, 0.3) is 11.1 Å². The monoisotopic (exact) mass is 401 g/mol. The molecule has 1 aliphatic carbocycles. The Kier molecular flexibility index (Phi) is 5.21. The quantitative estimate of drug-likeness (QED) is 0.706. The number of rotatable bonds is 0. The van der Waals surface area contributed by atoms with Gasteiger partial charge in [-0.15, -0.1) is 0 Å². The highest BCUT2D eigenvalue weighted by Gasteiger charge is 2.22. The summed E-state index contributed by atoms with van der Waals surface area (Å²) in [5.74, 6) is 0.433. The fourth-order valence-corrected chi connectivity index (χ4v) is 4.80. The predicted octanol–water partition coefficient (Wildman–Crippen LogP) is 3.25. The molecule has 28 heavy (non-hydrogen) atoms. The lowest BCUT2D eigenvalue weighted by atomic mass is 9.98. The number of fused-ring (bicyclic) bond motifs is 6. The van der Waals surface area contributed by atoms with E-state index >= 15 is 0 Å². The average Bonchev–Trinajstić information content (AvgIpc) is 3.13. The number of hydrogen-bond donors (Lipinski definition) is 2. The minimum atomic E-state index is -3.68. The SMILES string of the molecule is O=C1Nc2c(ccc3c2CCC3)-c2ccnc(c2)OCCCCCS(=O)(=O)N1. The summed E-state index contributed by atoms with van der Waals surface area (Å²) >= 11 is 0. The van der Waals surface area contributed by atoms with Crippen molar-refractivity contribution in [1.82, 2.24) is 9.71 Å². The van der Waals surface area contributed by atoms with Gasteiger partial charge in [-0.25, -0.2) is 22.9 Å². The van der Waals surface area contributed by atoms with E-state index in [2.05, 4.69) is 21.1 Å². The van der Waals surface area contributed by atoms with Gasteiger partial charge >= 0.3 is 6.03 Å². The predicted molar refractivity (Wildman–Crippen MR) is 107 cm³/mol. The Morgan fingerprint density at radius 2 is 1.93 bits per heavy atom. The van der Waals surface area contributed by atoms with Crippen LogP contribution in [-0.2, 0) is 22.9 Å². The van der Waals surface area contributed by atoms with Crippen molar-refractivity contribution in [2.24, 2.45) is 0 Å². The first-order valence-electron chi connectivity index (χ1n) is 9.57. The van der Waals surface area contributed by atoms with Crippen LogP contribution in [0.2, 0.25) is 0 Å². The molecule has 4 rings (SSSR count). The largest absolute Gasteiger partial charge is 0.478 e. The van der Waals surface area contributed by atoms with Crippen LogP contribution in [0.15, 0.2) is 30.5 Å². The zero-order chi connectivity index (χ0) is 19.6. The number of aromatic nitrogens is 1. The number of benzene rings is 1. The molecule has 1 aliphatic heterocycles. The summed E-state index contributed by atoms with van der Waals surface area (Å²) < 4.78 is 32.3. The maximum atomic E-state index is 12.5. The Bertz CT molecular complexity index is 1000. The Hall–Kier alpha value is -2.61. The summed E-state index contributed by atoms with van der Waals surface area (Å²) in [5, 5.41) is 2.80. The molecule has 2 bridgehead atoms. The topological polar surface area (TPSA) is 97.4 Å². The van der Waals surface area contributed by atoms with Crippen molar-refractivity contribution < 1.29 is 17.9 Å². The van der Waals surface area contributed by atoms with Gasteiger partial charge in [0.25, 0.3) is 0 Å². The number of urea groups is 1. The third-order valence-electron chi connectivity index (χ3n) is 5.12. The highest BCUT2D eigenvalue weighted by Crippen LogP contribution is 2.38. The smallest absolute Gasteiger partial charge is 0.332 e. The fourth-order valence-electron chi connectivity index (χ4n) is 3.78. The van der Waals surface area contributed by atoms with Gasteiger partial charge in [-0.1, -0.05) is 12.1 Å². The molecule has 2 aliphatic rings. The number of carbonyl (C=O) groups is 1. The van der Waals surface area contributed by atoms with Gasteiger partial charge in [-0.2, -0.15) is 0 Å². The van der Waals surface area contributed by atoms with Crippen LogP contribution >= 0.6 is 0 Å². The molecule has 1 aromatic heterocycles. The van der Waals surface area contributed by atoms with Crippen molar-refractivity contribution >= 4 is 21.7 Å². The second-order valence-electron chi connectivity index (χ2n) is 7.15. The normalized spacial score (nSPS) is 19.1. The molecule has 0 unspecified atom stereocenters. The van der Waals surface area contributed by atoms with Crippen molar-refractivity contribution in [3.05, 3.63) is 41.6 Å². The third kappa shape index (κ3) is 4.11. The molecule has 0 radical (unpaired) electrons. The maximum absolute atomic E-state index is 12.5. The summed E-state index contributed by atoms with van der Waals surface area (Å²) in [6.07, 6.45) is 6.37. The maximum Gasteiger partial charge on any atom is 0.332 e. The standard InChI is InChI=1S/C20H23N3O4S/c24-20-22-19-16-6-4-5-14(16)7-8-17(19)15-9-10-21-18(13-15)27-11-2-1-3-12-28(25,26)23-20/h7-10,13H,1-6,11-12H2,(H2,22,23,24). The Balaban J connectivity index is 1.77. The zero-order valence-electron chi connectivity index (χ0n) is 15.5. The first-order chi connectivity index (χ1) is 13.5. The average molecular weight is 401 g/mol. The lowest BCUT2D eigenvalue weighted by Gasteiger charge is -2.17. The first kappa shape index (κ1) is 18.7. The van der Waals surface area contributed by atoms with Gasteiger partial charge in [0.2, 0.25) is 15.9 Å². The Labute approximate surface area is 164 Å². The molecule has 2 aromatic rings. The number of ether oxygens (including phenoxy) is 1. The Morgan fingerprint density at radius 1 is 1.04 bits per heavy atom. The van der Waals surface area contributed by atoms with E-state index in [0.717, 1.165) is 42.4 Å². The number of carbonyl (C=O) groups excluding carboxylic acids is 1. The molecule has 0 spiro atoms. The molecule has 0 atom stereocenters. The molecule has 0 saturated carbocycles. The lowest BCUT2D eigenvalue weighted by molar-refractivity contribution is 0.256. The van der Waals surface area contributed by atoms with Crippen LogP contribution < -0.4 is 14.8 Å². The van der Waals surface area contributed by atoms with Gasteiger partial charge in [0, 0.05) is 17.8 Å². The van der Waals surface area contributed by atoms with Crippen LogP contribution in [0.4, 0.5) is 10.5 Å².